The van der Waals surface area contributed by atoms with Crippen molar-refractivity contribution in [2.24, 2.45) is 11.7 Å². The molecule has 3 N–H and O–H groups in total. The highest BCUT2D eigenvalue weighted by molar-refractivity contribution is 7.85. The summed E-state index contributed by atoms with van der Waals surface area (Å²) in [5.41, 5.74) is 6.83. The maximum atomic E-state index is 10.5. The number of benzene rings is 1. The van der Waals surface area contributed by atoms with Crippen LogP contribution in [0.1, 0.15) is 18.4 Å². The number of piperidine rings is 3. The predicted octanol–water partition coefficient (Wildman–Crippen LogP) is 1.28. The van der Waals surface area contributed by atoms with Gasteiger partial charge >= 0.3 is 0 Å². The van der Waals surface area contributed by atoms with Gasteiger partial charge in [-0.2, -0.15) is 8.42 Å². The molecule has 1 aromatic carbocycles. The third-order valence-corrected chi connectivity index (χ3v) is 4.89. The minimum absolute atomic E-state index is 0.0666. The maximum Gasteiger partial charge on any atom is 0.294 e. The normalized spacial score (nSPS) is 28.6. The lowest BCUT2D eigenvalue weighted by atomic mass is 9.85. The second-order valence-corrected chi connectivity index (χ2v) is 7.01. The van der Waals surface area contributed by atoms with Gasteiger partial charge in [0.1, 0.15) is 0 Å². The number of nitrogens with two attached hydrogens (primary N) is 1. The van der Waals surface area contributed by atoms with Crippen LogP contribution >= 0.6 is 0 Å². The van der Waals surface area contributed by atoms with E-state index in [1.54, 1.807) is 12.1 Å². The van der Waals surface area contributed by atoms with Gasteiger partial charge in [0.2, 0.25) is 0 Å². The first-order chi connectivity index (χ1) is 9.36. The van der Waals surface area contributed by atoms with Gasteiger partial charge in [-0.15, -0.1) is 0 Å². The molecule has 5 nitrogen and oxygen atoms in total. The summed E-state index contributed by atoms with van der Waals surface area (Å²) in [5, 5.41) is 0. The number of aryl methyl sites for hydroxylation is 1. The van der Waals surface area contributed by atoms with E-state index < -0.39 is 10.1 Å². The van der Waals surface area contributed by atoms with Crippen molar-refractivity contribution in [2.45, 2.75) is 30.7 Å². The van der Waals surface area contributed by atoms with E-state index in [0.717, 1.165) is 18.0 Å². The van der Waals surface area contributed by atoms with Gasteiger partial charge in [0, 0.05) is 12.6 Å². The van der Waals surface area contributed by atoms with Gasteiger partial charge in [0.25, 0.3) is 10.1 Å². The van der Waals surface area contributed by atoms with Crippen LogP contribution in [-0.2, 0) is 10.1 Å². The molecule has 3 heterocycles. The fourth-order valence-corrected chi connectivity index (χ4v) is 3.20. The van der Waals surface area contributed by atoms with Crippen LogP contribution in [0, 0.1) is 12.8 Å². The van der Waals surface area contributed by atoms with Crippen LogP contribution in [0.3, 0.4) is 0 Å². The van der Waals surface area contributed by atoms with E-state index in [0.29, 0.717) is 6.04 Å². The predicted molar refractivity (Wildman–Crippen MR) is 78.1 cm³/mol. The zero-order chi connectivity index (χ0) is 14.8. The Morgan fingerprint density at radius 2 is 1.75 bits per heavy atom. The Kier molecular flexibility index (Phi) is 4.80. The molecule has 3 fully saturated rings. The average molecular weight is 298 g/mol. The molecule has 6 heteroatoms. The van der Waals surface area contributed by atoms with E-state index >= 15 is 0 Å². The molecule has 0 aromatic heterocycles. The summed E-state index contributed by atoms with van der Waals surface area (Å²) in [4.78, 5) is 2.41. The Morgan fingerprint density at radius 1 is 1.20 bits per heavy atom. The molecule has 0 amide bonds. The second kappa shape index (κ2) is 6.22. The molecule has 3 aliphatic heterocycles. The van der Waals surface area contributed by atoms with Crippen LogP contribution in [-0.4, -0.2) is 43.5 Å². The molecule has 1 aromatic rings. The van der Waals surface area contributed by atoms with Gasteiger partial charge in [-0.05, 0) is 50.9 Å². The highest BCUT2D eigenvalue weighted by Crippen LogP contribution is 2.25. The van der Waals surface area contributed by atoms with E-state index in [1.807, 2.05) is 6.92 Å². The van der Waals surface area contributed by atoms with Crippen LogP contribution in [0.2, 0.25) is 0 Å². The molecule has 2 bridgehead atoms. The lowest BCUT2D eigenvalue weighted by molar-refractivity contribution is 0.0896. The molecular weight excluding hydrogens is 276 g/mol. The highest BCUT2D eigenvalue weighted by Gasteiger charge is 2.31. The van der Waals surface area contributed by atoms with Crippen molar-refractivity contribution in [2.75, 3.05) is 19.6 Å². The summed E-state index contributed by atoms with van der Waals surface area (Å²) in [6.07, 6.45) is 2.70. The topological polar surface area (TPSA) is 83.6 Å². The Morgan fingerprint density at radius 3 is 2.05 bits per heavy atom. The summed E-state index contributed by atoms with van der Waals surface area (Å²) in [6, 6.07) is 6.48. The first-order valence-corrected chi connectivity index (χ1v) is 8.32. The van der Waals surface area contributed by atoms with Crippen LogP contribution in [0.4, 0.5) is 0 Å². The average Bonchev–Trinajstić information content (AvgIpc) is 2.40. The van der Waals surface area contributed by atoms with Crippen molar-refractivity contribution >= 4 is 10.1 Å². The van der Waals surface area contributed by atoms with Crippen molar-refractivity contribution in [1.82, 2.24) is 4.90 Å². The van der Waals surface area contributed by atoms with Crippen molar-refractivity contribution in [3.63, 3.8) is 0 Å². The molecule has 1 unspecified atom stereocenters. The fourth-order valence-electron chi connectivity index (χ4n) is 2.72. The SMILES string of the molecule is Cc1ccc(S(=O)(=O)O)cc1.NC1CN2CCC1CC2. The zero-order valence-electron chi connectivity index (χ0n) is 11.7. The van der Waals surface area contributed by atoms with Crippen LogP contribution in [0.25, 0.3) is 0 Å². The molecule has 0 radical (unpaired) electrons. The van der Waals surface area contributed by atoms with Gasteiger partial charge in [0.15, 0.2) is 0 Å². The first kappa shape index (κ1) is 15.4. The van der Waals surface area contributed by atoms with Gasteiger partial charge in [-0.1, -0.05) is 17.7 Å². The molecular formula is C14H22N2O3S. The Balaban J connectivity index is 0.000000149. The molecule has 4 rings (SSSR count). The number of fused-ring (bicyclic) bond motifs is 3. The molecule has 0 saturated carbocycles. The van der Waals surface area contributed by atoms with Crippen LogP contribution < -0.4 is 5.73 Å². The van der Waals surface area contributed by atoms with Crippen molar-refractivity contribution < 1.29 is 13.0 Å². The molecule has 0 aliphatic carbocycles. The number of nitrogens with zero attached hydrogens (tertiary/aromatic N) is 1. The Bertz CT molecular complexity index is 534. The lowest BCUT2D eigenvalue weighted by Gasteiger charge is -2.43. The molecule has 20 heavy (non-hydrogen) atoms. The van der Waals surface area contributed by atoms with E-state index in [-0.39, 0.29) is 4.90 Å². The Hall–Kier alpha value is -0.950. The lowest BCUT2D eigenvalue weighted by Crippen LogP contribution is -2.54. The summed E-state index contributed by atoms with van der Waals surface area (Å²) in [7, 11) is -4.02. The third kappa shape index (κ3) is 4.02. The molecule has 3 aliphatic rings. The van der Waals surface area contributed by atoms with Crippen molar-refractivity contribution in [1.29, 1.82) is 0 Å². The van der Waals surface area contributed by atoms with Gasteiger partial charge in [0.05, 0.1) is 4.90 Å². The molecule has 3 saturated heterocycles. The van der Waals surface area contributed by atoms with Gasteiger partial charge in [-0.3, -0.25) is 4.55 Å². The highest BCUT2D eigenvalue weighted by atomic mass is 32.2. The van der Waals surface area contributed by atoms with E-state index in [4.69, 9.17) is 10.3 Å². The standard InChI is InChI=1S/C7H14N2.C7H8O3S/c8-7-5-9-3-1-6(7)2-4-9;1-6-2-4-7(5-3-6)11(8,9)10/h6-7H,1-5,8H2;2-5H,1H3,(H,8,9,10). The molecule has 112 valence electrons. The summed E-state index contributed by atoms with van der Waals surface area (Å²) in [5.74, 6) is 0.856. The minimum Gasteiger partial charge on any atom is -0.326 e. The number of hydrogen-bond donors (Lipinski definition) is 2. The van der Waals surface area contributed by atoms with Crippen LogP contribution in [0.5, 0.6) is 0 Å². The van der Waals surface area contributed by atoms with E-state index in [1.165, 1.54) is 38.1 Å². The van der Waals surface area contributed by atoms with Crippen molar-refractivity contribution in [3.05, 3.63) is 29.8 Å². The minimum atomic E-state index is -4.02. The molecule has 1 atom stereocenters. The maximum absolute atomic E-state index is 10.5. The molecule has 0 spiro atoms. The second-order valence-electron chi connectivity index (χ2n) is 5.59. The van der Waals surface area contributed by atoms with E-state index in [9.17, 15) is 8.42 Å². The summed E-state index contributed by atoms with van der Waals surface area (Å²) < 4.78 is 29.6. The number of hydrogen-bond acceptors (Lipinski definition) is 4. The monoisotopic (exact) mass is 298 g/mol. The van der Waals surface area contributed by atoms with Gasteiger partial charge in [-0.25, -0.2) is 0 Å². The largest absolute Gasteiger partial charge is 0.326 e. The summed E-state index contributed by atoms with van der Waals surface area (Å²) >= 11 is 0. The summed E-state index contributed by atoms with van der Waals surface area (Å²) in [6.45, 7) is 5.61. The quantitative estimate of drug-likeness (QED) is 0.763. The Labute approximate surface area is 120 Å². The van der Waals surface area contributed by atoms with Crippen LogP contribution in [0.15, 0.2) is 29.2 Å². The zero-order valence-corrected chi connectivity index (χ0v) is 12.5. The first-order valence-electron chi connectivity index (χ1n) is 6.88. The van der Waals surface area contributed by atoms with Gasteiger partial charge < -0.3 is 10.6 Å². The smallest absolute Gasteiger partial charge is 0.294 e. The van der Waals surface area contributed by atoms with Crippen molar-refractivity contribution in [3.8, 4) is 0 Å². The fraction of sp³-hybridized carbons (Fsp3) is 0.571. The number of rotatable bonds is 1. The third-order valence-electron chi connectivity index (χ3n) is 4.03. The van der Waals surface area contributed by atoms with E-state index in [2.05, 4.69) is 4.90 Å².